The fraction of sp³-hybridized carbons (Fsp3) is 0.231. The number of pyridine rings is 1. The molecule has 0 radical (unpaired) electrons. The number of imidazole rings is 1. The van der Waals surface area contributed by atoms with Crippen LogP contribution in [0.3, 0.4) is 0 Å². The molecule has 0 bridgehead atoms. The minimum Gasteiger partial charge on any atom is -0.354 e. The third-order valence-corrected chi connectivity index (χ3v) is 6.46. The number of H-pyrrole nitrogens is 2. The summed E-state index contributed by atoms with van der Waals surface area (Å²) in [5.41, 5.74) is 5.60. The van der Waals surface area contributed by atoms with Crippen LogP contribution >= 0.6 is 0 Å². The first-order valence-corrected chi connectivity index (χ1v) is 11.2. The molecule has 0 amide bonds. The molecule has 6 heteroatoms. The van der Waals surface area contributed by atoms with E-state index >= 15 is 0 Å². The standard InChI is InChI=1S/C26H25N5O/c32-26-22(14-20-13-21(5-7-24(20)29-26)31-11-8-27-17-31)25-15-19-12-18(4-6-23(19)28-25)16-30-9-2-1-3-10-30/h4-8,11-15,17,28H,1-3,9-10,16H2,(H,29,32). The van der Waals surface area contributed by atoms with Crippen molar-refractivity contribution in [3.63, 3.8) is 0 Å². The van der Waals surface area contributed by atoms with E-state index in [0.29, 0.717) is 5.56 Å². The van der Waals surface area contributed by atoms with Gasteiger partial charge in [-0.3, -0.25) is 9.69 Å². The molecule has 2 aromatic carbocycles. The molecule has 1 aliphatic rings. The van der Waals surface area contributed by atoms with Gasteiger partial charge in [0.2, 0.25) is 0 Å². The summed E-state index contributed by atoms with van der Waals surface area (Å²) in [4.78, 5) is 26.0. The van der Waals surface area contributed by atoms with Gasteiger partial charge in [-0.05, 0) is 74.0 Å². The van der Waals surface area contributed by atoms with E-state index in [-0.39, 0.29) is 5.56 Å². The second-order valence-corrected chi connectivity index (χ2v) is 8.70. The molecule has 0 aliphatic carbocycles. The highest BCUT2D eigenvalue weighted by Crippen LogP contribution is 2.26. The molecule has 1 saturated heterocycles. The number of hydrogen-bond acceptors (Lipinski definition) is 3. The van der Waals surface area contributed by atoms with E-state index in [9.17, 15) is 4.79 Å². The lowest BCUT2D eigenvalue weighted by Gasteiger charge is -2.26. The van der Waals surface area contributed by atoms with Crippen LogP contribution in [0.2, 0.25) is 0 Å². The number of rotatable bonds is 4. The van der Waals surface area contributed by atoms with Crippen LogP contribution in [-0.2, 0) is 6.54 Å². The van der Waals surface area contributed by atoms with E-state index in [2.05, 4.69) is 50.2 Å². The number of piperidine rings is 1. The molecule has 32 heavy (non-hydrogen) atoms. The number of hydrogen-bond donors (Lipinski definition) is 2. The maximum Gasteiger partial charge on any atom is 0.257 e. The predicted octanol–water partition coefficient (Wildman–Crippen LogP) is 4.85. The largest absolute Gasteiger partial charge is 0.354 e. The van der Waals surface area contributed by atoms with E-state index in [1.54, 1.807) is 12.5 Å². The highest BCUT2D eigenvalue weighted by molar-refractivity contribution is 5.89. The van der Waals surface area contributed by atoms with Gasteiger partial charge in [0, 0.05) is 46.4 Å². The lowest BCUT2D eigenvalue weighted by Crippen LogP contribution is -2.28. The third-order valence-electron chi connectivity index (χ3n) is 6.46. The first-order chi connectivity index (χ1) is 15.7. The molecule has 6 rings (SSSR count). The molecular weight excluding hydrogens is 398 g/mol. The van der Waals surface area contributed by atoms with Gasteiger partial charge >= 0.3 is 0 Å². The van der Waals surface area contributed by atoms with Crippen molar-refractivity contribution in [2.75, 3.05) is 13.1 Å². The lowest BCUT2D eigenvalue weighted by molar-refractivity contribution is 0.221. The number of nitrogens with zero attached hydrogens (tertiary/aromatic N) is 3. The van der Waals surface area contributed by atoms with Crippen LogP contribution in [0, 0.1) is 0 Å². The predicted molar refractivity (Wildman–Crippen MR) is 128 cm³/mol. The van der Waals surface area contributed by atoms with Crippen molar-refractivity contribution in [2.24, 2.45) is 0 Å². The normalized spacial score (nSPS) is 15.0. The fourth-order valence-corrected chi connectivity index (χ4v) is 4.77. The van der Waals surface area contributed by atoms with Gasteiger partial charge in [0.25, 0.3) is 5.56 Å². The molecular formula is C26H25N5O. The Morgan fingerprint density at radius 3 is 2.53 bits per heavy atom. The fourth-order valence-electron chi connectivity index (χ4n) is 4.77. The minimum absolute atomic E-state index is 0.0898. The van der Waals surface area contributed by atoms with Gasteiger partial charge < -0.3 is 14.5 Å². The van der Waals surface area contributed by atoms with Gasteiger partial charge in [-0.25, -0.2) is 4.98 Å². The maximum absolute atomic E-state index is 12.9. The Morgan fingerprint density at radius 1 is 0.875 bits per heavy atom. The van der Waals surface area contributed by atoms with Gasteiger partial charge in [-0.2, -0.15) is 0 Å². The average Bonchev–Trinajstić information content (AvgIpc) is 3.49. The molecule has 0 atom stereocenters. The molecule has 4 heterocycles. The SMILES string of the molecule is O=c1[nH]c2ccc(-n3ccnc3)cc2cc1-c1cc2cc(CN3CCCCC3)ccc2[nH]1. The van der Waals surface area contributed by atoms with Crippen molar-refractivity contribution in [3.05, 3.63) is 83.2 Å². The summed E-state index contributed by atoms with van der Waals surface area (Å²) in [5, 5.41) is 2.12. The monoisotopic (exact) mass is 423 g/mol. The molecule has 160 valence electrons. The Hall–Kier alpha value is -3.64. The lowest BCUT2D eigenvalue weighted by atomic mass is 10.1. The maximum atomic E-state index is 12.9. The minimum atomic E-state index is -0.0898. The number of benzene rings is 2. The number of nitrogens with one attached hydrogen (secondary N) is 2. The van der Waals surface area contributed by atoms with Crippen molar-refractivity contribution < 1.29 is 0 Å². The van der Waals surface area contributed by atoms with Crippen LogP contribution in [0.1, 0.15) is 24.8 Å². The van der Waals surface area contributed by atoms with Crippen molar-refractivity contribution in [3.8, 4) is 16.9 Å². The highest BCUT2D eigenvalue weighted by atomic mass is 16.1. The van der Waals surface area contributed by atoms with Gasteiger partial charge in [-0.1, -0.05) is 12.5 Å². The molecule has 0 saturated carbocycles. The first-order valence-electron chi connectivity index (χ1n) is 11.2. The van der Waals surface area contributed by atoms with Gasteiger partial charge in [0.05, 0.1) is 17.6 Å². The van der Waals surface area contributed by atoms with Crippen LogP contribution in [0.4, 0.5) is 0 Å². The van der Waals surface area contributed by atoms with Crippen LogP contribution in [0.25, 0.3) is 38.8 Å². The molecule has 0 spiro atoms. The zero-order valence-corrected chi connectivity index (χ0v) is 17.8. The van der Waals surface area contributed by atoms with Gasteiger partial charge in [-0.15, -0.1) is 0 Å². The Morgan fingerprint density at radius 2 is 1.69 bits per heavy atom. The van der Waals surface area contributed by atoms with E-state index in [0.717, 1.165) is 39.7 Å². The molecule has 5 aromatic rings. The number of fused-ring (bicyclic) bond motifs is 2. The van der Waals surface area contributed by atoms with E-state index < -0.39 is 0 Å². The van der Waals surface area contributed by atoms with Gasteiger partial charge in [0.1, 0.15) is 0 Å². The molecule has 1 fully saturated rings. The third kappa shape index (κ3) is 3.52. The number of aromatic nitrogens is 4. The van der Waals surface area contributed by atoms with Crippen molar-refractivity contribution in [1.82, 2.24) is 24.4 Å². The zero-order chi connectivity index (χ0) is 21.5. The molecule has 1 aliphatic heterocycles. The van der Waals surface area contributed by atoms with E-state index in [1.165, 1.54) is 37.9 Å². The summed E-state index contributed by atoms with van der Waals surface area (Å²) in [6.07, 6.45) is 9.38. The van der Waals surface area contributed by atoms with Crippen molar-refractivity contribution >= 4 is 21.8 Å². The quantitative estimate of drug-likeness (QED) is 0.434. The smallest absolute Gasteiger partial charge is 0.257 e. The Bertz CT molecular complexity index is 1460. The zero-order valence-electron chi connectivity index (χ0n) is 17.8. The summed E-state index contributed by atoms with van der Waals surface area (Å²) in [6, 6.07) is 16.6. The van der Waals surface area contributed by atoms with Crippen LogP contribution in [0.5, 0.6) is 0 Å². The Balaban J connectivity index is 1.37. The average molecular weight is 424 g/mol. The van der Waals surface area contributed by atoms with E-state index in [4.69, 9.17) is 0 Å². The van der Waals surface area contributed by atoms with Gasteiger partial charge in [0.15, 0.2) is 0 Å². The van der Waals surface area contributed by atoms with Crippen LogP contribution in [-0.4, -0.2) is 37.5 Å². The van der Waals surface area contributed by atoms with Crippen LogP contribution in [0.15, 0.2) is 72.0 Å². The van der Waals surface area contributed by atoms with Crippen LogP contribution < -0.4 is 5.56 Å². The summed E-state index contributed by atoms with van der Waals surface area (Å²) >= 11 is 0. The summed E-state index contributed by atoms with van der Waals surface area (Å²) in [5.74, 6) is 0. The number of aromatic amines is 2. The highest BCUT2D eigenvalue weighted by Gasteiger charge is 2.13. The topological polar surface area (TPSA) is 69.7 Å². The Kier molecular flexibility index (Phi) is 4.65. The summed E-state index contributed by atoms with van der Waals surface area (Å²) in [7, 11) is 0. The molecule has 6 nitrogen and oxygen atoms in total. The number of likely N-dealkylation sites (tertiary alicyclic amines) is 1. The van der Waals surface area contributed by atoms with E-state index in [1.807, 2.05) is 29.0 Å². The Labute approximate surface area is 185 Å². The van der Waals surface area contributed by atoms with Crippen molar-refractivity contribution in [1.29, 1.82) is 0 Å². The second-order valence-electron chi connectivity index (χ2n) is 8.70. The second kappa shape index (κ2) is 7.80. The first kappa shape index (κ1) is 19.1. The molecule has 3 aromatic heterocycles. The molecule has 2 N–H and O–H groups in total. The summed E-state index contributed by atoms with van der Waals surface area (Å²) < 4.78 is 1.96. The van der Waals surface area contributed by atoms with Crippen molar-refractivity contribution in [2.45, 2.75) is 25.8 Å². The molecule has 0 unspecified atom stereocenters. The summed E-state index contributed by atoms with van der Waals surface area (Å²) in [6.45, 7) is 3.36.